The molecule has 1 aromatic carbocycles. The minimum Gasteiger partial charge on any atom is -0.481 e. The fraction of sp³-hybridized carbons (Fsp3) is 0.412. The molecule has 0 atom stereocenters. The Hall–Kier alpha value is -1.75. The predicted molar refractivity (Wildman–Crippen MR) is 90.1 cm³/mol. The van der Waals surface area contributed by atoms with E-state index in [1.165, 1.54) is 0 Å². The van der Waals surface area contributed by atoms with Gasteiger partial charge in [0.1, 0.15) is 0 Å². The molecule has 0 unspecified atom stereocenters. The van der Waals surface area contributed by atoms with Crippen LogP contribution >= 0.6 is 11.8 Å². The maximum atomic E-state index is 10.4. The first kappa shape index (κ1) is 16.6. The summed E-state index contributed by atoms with van der Waals surface area (Å²) in [7, 11) is 0. The van der Waals surface area contributed by atoms with E-state index in [1.807, 2.05) is 24.4 Å². The minimum absolute atomic E-state index is 0.295. The summed E-state index contributed by atoms with van der Waals surface area (Å²) in [6, 6.07) is 10.2. The number of aromatic amines is 1. The van der Waals surface area contributed by atoms with Crippen LogP contribution in [-0.4, -0.2) is 26.8 Å². The zero-order chi connectivity index (χ0) is 15.6. The van der Waals surface area contributed by atoms with Crippen LogP contribution in [0.3, 0.4) is 0 Å². The molecule has 0 fully saturated rings. The van der Waals surface area contributed by atoms with Crippen LogP contribution in [0, 0.1) is 0 Å². The molecule has 4 nitrogen and oxygen atoms in total. The summed E-state index contributed by atoms with van der Waals surface area (Å²) in [5.74, 6) is 0.350. The number of carboxylic acid groups (broad SMARTS) is 1. The predicted octanol–water partition coefficient (Wildman–Crippen LogP) is 4.59. The van der Waals surface area contributed by atoms with Gasteiger partial charge in [-0.1, -0.05) is 61.4 Å². The third-order valence-electron chi connectivity index (χ3n) is 3.41. The fourth-order valence-electron chi connectivity index (χ4n) is 2.22. The van der Waals surface area contributed by atoms with Crippen molar-refractivity contribution in [2.24, 2.45) is 0 Å². The van der Waals surface area contributed by atoms with Gasteiger partial charge in [-0.05, 0) is 18.4 Å². The van der Waals surface area contributed by atoms with Crippen LogP contribution < -0.4 is 0 Å². The van der Waals surface area contributed by atoms with Crippen LogP contribution in [0.4, 0.5) is 0 Å². The number of nitrogens with zero attached hydrogens (tertiary/aromatic N) is 1. The van der Waals surface area contributed by atoms with E-state index in [0.717, 1.165) is 54.3 Å². The van der Waals surface area contributed by atoms with E-state index in [2.05, 4.69) is 22.1 Å². The van der Waals surface area contributed by atoms with Gasteiger partial charge < -0.3 is 10.1 Å². The van der Waals surface area contributed by atoms with Crippen molar-refractivity contribution in [3.05, 3.63) is 36.5 Å². The normalized spacial score (nSPS) is 10.7. The molecule has 0 aliphatic heterocycles. The Labute approximate surface area is 135 Å². The number of aliphatic carboxylic acids is 1. The molecule has 0 spiro atoms. The van der Waals surface area contributed by atoms with Gasteiger partial charge in [-0.3, -0.25) is 4.79 Å². The van der Waals surface area contributed by atoms with E-state index in [0.29, 0.717) is 6.42 Å². The van der Waals surface area contributed by atoms with Gasteiger partial charge in [-0.15, -0.1) is 0 Å². The molecule has 1 aromatic heterocycles. The first-order valence-corrected chi connectivity index (χ1v) is 8.69. The second-order valence-corrected chi connectivity index (χ2v) is 6.31. The van der Waals surface area contributed by atoms with Crippen LogP contribution in [-0.2, 0) is 4.79 Å². The highest BCUT2D eigenvalue weighted by Crippen LogP contribution is 2.22. The summed E-state index contributed by atoms with van der Waals surface area (Å²) >= 11 is 1.74. The second kappa shape index (κ2) is 9.30. The first-order valence-electron chi connectivity index (χ1n) is 7.71. The molecule has 2 N–H and O–H groups in total. The Balaban J connectivity index is 1.60. The van der Waals surface area contributed by atoms with E-state index in [-0.39, 0.29) is 0 Å². The molecular weight excluding hydrogens is 296 g/mol. The number of hydrogen-bond donors (Lipinski definition) is 2. The van der Waals surface area contributed by atoms with Crippen LogP contribution in [0.15, 0.2) is 41.7 Å². The number of carboxylic acids is 1. The molecule has 1 heterocycles. The number of carbonyl (C=O) groups is 1. The van der Waals surface area contributed by atoms with E-state index in [1.54, 1.807) is 11.8 Å². The molecule has 2 rings (SSSR count). The summed E-state index contributed by atoms with van der Waals surface area (Å²) in [6.07, 6.45) is 7.38. The average Bonchev–Trinajstić information content (AvgIpc) is 2.99. The largest absolute Gasteiger partial charge is 0.481 e. The van der Waals surface area contributed by atoms with Crippen molar-refractivity contribution in [3.8, 4) is 11.3 Å². The molecule has 118 valence electrons. The van der Waals surface area contributed by atoms with Crippen LogP contribution in [0.5, 0.6) is 0 Å². The Kier molecular flexibility index (Phi) is 7.03. The van der Waals surface area contributed by atoms with Gasteiger partial charge in [-0.2, -0.15) is 0 Å². The molecule has 0 aliphatic carbocycles. The number of benzene rings is 1. The second-order valence-electron chi connectivity index (χ2n) is 5.23. The van der Waals surface area contributed by atoms with Gasteiger partial charge in [0.05, 0.1) is 11.9 Å². The van der Waals surface area contributed by atoms with Crippen molar-refractivity contribution in [2.45, 2.75) is 43.7 Å². The Morgan fingerprint density at radius 2 is 1.82 bits per heavy atom. The van der Waals surface area contributed by atoms with Crippen LogP contribution in [0.2, 0.25) is 0 Å². The maximum absolute atomic E-state index is 10.4. The molecule has 5 heteroatoms. The number of rotatable bonds is 10. The van der Waals surface area contributed by atoms with Gasteiger partial charge in [-0.25, -0.2) is 4.98 Å². The molecule has 0 saturated carbocycles. The summed E-state index contributed by atoms with van der Waals surface area (Å²) in [5, 5.41) is 9.51. The van der Waals surface area contributed by atoms with Crippen LogP contribution in [0.1, 0.15) is 38.5 Å². The Morgan fingerprint density at radius 3 is 2.59 bits per heavy atom. The zero-order valence-electron chi connectivity index (χ0n) is 12.6. The summed E-state index contributed by atoms with van der Waals surface area (Å²) < 4.78 is 0. The number of hydrogen-bond acceptors (Lipinski definition) is 3. The Bertz CT molecular complexity index is 569. The molecule has 0 saturated heterocycles. The average molecular weight is 318 g/mol. The number of thioether (sulfide) groups is 1. The van der Waals surface area contributed by atoms with Crippen molar-refractivity contribution in [2.75, 3.05) is 5.75 Å². The van der Waals surface area contributed by atoms with Gasteiger partial charge in [0, 0.05) is 12.2 Å². The van der Waals surface area contributed by atoms with Crippen molar-refractivity contribution >= 4 is 17.7 Å². The van der Waals surface area contributed by atoms with Crippen molar-refractivity contribution in [1.29, 1.82) is 0 Å². The SMILES string of the molecule is O=C(O)CCCCCCCSc1ncc(-c2ccccc2)[nH]1. The van der Waals surface area contributed by atoms with Crippen LogP contribution in [0.25, 0.3) is 11.3 Å². The summed E-state index contributed by atoms with van der Waals surface area (Å²) in [5.41, 5.74) is 2.21. The number of imidazole rings is 1. The monoisotopic (exact) mass is 318 g/mol. The lowest BCUT2D eigenvalue weighted by atomic mass is 10.1. The number of aromatic nitrogens is 2. The molecular formula is C17H22N2O2S. The topological polar surface area (TPSA) is 66.0 Å². The first-order chi connectivity index (χ1) is 10.8. The molecule has 2 aromatic rings. The van der Waals surface area contributed by atoms with Gasteiger partial charge >= 0.3 is 5.97 Å². The summed E-state index contributed by atoms with van der Waals surface area (Å²) in [6.45, 7) is 0. The number of unbranched alkanes of at least 4 members (excludes halogenated alkanes) is 4. The van der Waals surface area contributed by atoms with Crippen molar-refractivity contribution in [3.63, 3.8) is 0 Å². The van der Waals surface area contributed by atoms with Crippen molar-refractivity contribution < 1.29 is 9.90 Å². The summed E-state index contributed by atoms with van der Waals surface area (Å²) in [4.78, 5) is 18.1. The lowest BCUT2D eigenvalue weighted by Gasteiger charge is -2.00. The minimum atomic E-state index is -0.692. The quantitative estimate of drug-likeness (QED) is 0.496. The van der Waals surface area contributed by atoms with E-state index < -0.39 is 5.97 Å². The lowest BCUT2D eigenvalue weighted by molar-refractivity contribution is -0.137. The van der Waals surface area contributed by atoms with E-state index >= 15 is 0 Å². The van der Waals surface area contributed by atoms with Gasteiger partial charge in [0.25, 0.3) is 0 Å². The highest BCUT2D eigenvalue weighted by atomic mass is 32.2. The molecule has 22 heavy (non-hydrogen) atoms. The van der Waals surface area contributed by atoms with Gasteiger partial charge in [0.2, 0.25) is 0 Å². The molecule has 0 radical (unpaired) electrons. The van der Waals surface area contributed by atoms with Crippen molar-refractivity contribution in [1.82, 2.24) is 9.97 Å². The molecule has 0 amide bonds. The maximum Gasteiger partial charge on any atom is 0.303 e. The standard InChI is InChI=1S/C17H22N2O2S/c20-16(21)11-7-2-1-3-8-12-22-17-18-13-15(19-17)14-9-5-4-6-10-14/h4-6,9-10,13H,1-3,7-8,11-12H2,(H,18,19)(H,20,21). The molecule has 0 bridgehead atoms. The zero-order valence-corrected chi connectivity index (χ0v) is 13.4. The Morgan fingerprint density at radius 1 is 1.09 bits per heavy atom. The third kappa shape index (κ3) is 5.93. The van der Waals surface area contributed by atoms with E-state index in [4.69, 9.17) is 5.11 Å². The lowest BCUT2D eigenvalue weighted by Crippen LogP contribution is -1.93. The molecule has 0 aliphatic rings. The van der Waals surface area contributed by atoms with E-state index in [9.17, 15) is 4.79 Å². The third-order valence-corrected chi connectivity index (χ3v) is 4.38. The fourth-order valence-corrected chi connectivity index (χ4v) is 3.07. The number of H-pyrrole nitrogens is 1. The smallest absolute Gasteiger partial charge is 0.303 e. The highest BCUT2D eigenvalue weighted by molar-refractivity contribution is 7.99. The number of nitrogens with one attached hydrogen (secondary N) is 1. The van der Waals surface area contributed by atoms with Gasteiger partial charge in [0.15, 0.2) is 5.16 Å². The highest BCUT2D eigenvalue weighted by Gasteiger charge is 2.03.